The summed E-state index contributed by atoms with van der Waals surface area (Å²) in [6.07, 6.45) is 19.8. The SMILES string of the molecule is CCCCCCCCCCCSC(CCCCCCCC)C(C)OC(CO)(C(=O)O)[P+](=O)OCCC. The first kappa shape index (κ1) is 35.8. The van der Waals surface area contributed by atoms with Gasteiger partial charge in [0.2, 0.25) is 0 Å². The normalized spacial score (nSPS) is 15.4. The Balaban J connectivity index is 4.87. The molecule has 0 bridgehead atoms. The average Bonchev–Trinajstić information content (AvgIpc) is 2.87. The zero-order valence-corrected chi connectivity index (χ0v) is 25.4. The number of carbonyl (C=O) groups is 1. The zero-order chi connectivity index (χ0) is 27.1. The molecular formula is C28H56O6PS+. The molecule has 214 valence electrons. The van der Waals surface area contributed by atoms with Crippen LogP contribution in [0.2, 0.25) is 0 Å². The van der Waals surface area contributed by atoms with Crippen molar-refractivity contribution in [3.8, 4) is 0 Å². The van der Waals surface area contributed by atoms with Gasteiger partial charge in [-0.2, -0.15) is 11.8 Å². The van der Waals surface area contributed by atoms with E-state index in [1.165, 1.54) is 77.0 Å². The number of aliphatic hydroxyl groups excluding tert-OH is 1. The van der Waals surface area contributed by atoms with E-state index in [-0.39, 0.29) is 11.9 Å². The minimum atomic E-state index is -2.71. The summed E-state index contributed by atoms with van der Waals surface area (Å²) in [5.41, 5.74) is 0. The molecule has 0 heterocycles. The highest BCUT2D eigenvalue weighted by atomic mass is 32.2. The van der Waals surface area contributed by atoms with Crippen molar-refractivity contribution in [1.29, 1.82) is 0 Å². The number of hydrogen-bond acceptors (Lipinski definition) is 6. The molecule has 0 amide bonds. The second-order valence-corrected chi connectivity index (χ2v) is 12.8. The summed E-state index contributed by atoms with van der Waals surface area (Å²) in [5, 5.41) is 17.6. The van der Waals surface area contributed by atoms with Crippen LogP contribution in [-0.2, 0) is 18.6 Å². The molecule has 6 nitrogen and oxygen atoms in total. The third kappa shape index (κ3) is 15.9. The molecule has 8 heteroatoms. The van der Waals surface area contributed by atoms with Gasteiger partial charge >= 0.3 is 19.3 Å². The molecule has 4 unspecified atom stereocenters. The summed E-state index contributed by atoms with van der Waals surface area (Å²) in [6, 6.07) is 0. The number of ether oxygens (including phenoxy) is 1. The lowest BCUT2D eigenvalue weighted by Gasteiger charge is -2.28. The van der Waals surface area contributed by atoms with Crippen LogP contribution in [-0.4, -0.2) is 51.8 Å². The van der Waals surface area contributed by atoms with Crippen LogP contribution in [0, 0.1) is 0 Å². The van der Waals surface area contributed by atoms with Gasteiger partial charge in [-0.1, -0.05) is 111 Å². The quantitative estimate of drug-likeness (QED) is 0.0779. The van der Waals surface area contributed by atoms with Crippen molar-refractivity contribution in [3.63, 3.8) is 0 Å². The summed E-state index contributed by atoms with van der Waals surface area (Å²) in [7, 11) is -2.71. The molecule has 0 aromatic rings. The highest BCUT2D eigenvalue weighted by Gasteiger charge is 2.62. The van der Waals surface area contributed by atoms with Crippen molar-refractivity contribution in [2.75, 3.05) is 19.0 Å². The van der Waals surface area contributed by atoms with Crippen LogP contribution in [0.3, 0.4) is 0 Å². The molecule has 0 saturated heterocycles. The van der Waals surface area contributed by atoms with E-state index in [1.54, 1.807) is 0 Å². The monoisotopic (exact) mass is 551 g/mol. The lowest BCUT2D eigenvalue weighted by Crippen LogP contribution is -2.46. The topological polar surface area (TPSA) is 93.1 Å². The molecule has 4 atom stereocenters. The molecule has 0 aliphatic heterocycles. The number of thioether (sulfide) groups is 1. The minimum Gasteiger partial charge on any atom is -0.476 e. The van der Waals surface area contributed by atoms with Gasteiger partial charge in [0.25, 0.3) is 0 Å². The van der Waals surface area contributed by atoms with E-state index in [2.05, 4.69) is 13.8 Å². The maximum Gasteiger partial charge on any atom is 0.559 e. The van der Waals surface area contributed by atoms with Gasteiger partial charge in [0.05, 0.1) is 6.10 Å². The molecule has 0 rings (SSSR count). The molecule has 0 aromatic carbocycles. The lowest BCUT2D eigenvalue weighted by molar-refractivity contribution is -0.164. The van der Waals surface area contributed by atoms with E-state index in [4.69, 9.17) is 9.26 Å². The van der Waals surface area contributed by atoms with Gasteiger partial charge in [0, 0.05) is 5.25 Å². The highest BCUT2D eigenvalue weighted by molar-refractivity contribution is 7.99. The van der Waals surface area contributed by atoms with Crippen molar-refractivity contribution >= 4 is 25.8 Å². The third-order valence-corrected chi connectivity index (χ3v) is 9.60. The maximum absolute atomic E-state index is 12.7. The Kier molecular flexibility index (Phi) is 23.8. The van der Waals surface area contributed by atoms with E-state index in [0.29, 0.717) is 6.42 Å². The summed E-state index contributed by atoms with van der Waals surface area (Å²) in [5.74, 6) is -0.432. The number of carboxylic acids is 1. The Hall–Kier alpha value is -0.200. The minimum absolute atomic E-state index is 0.0880. The van der Waals surface area contributed by atoms with Gasteiger partial charge in [-0.15, -0.1) is 4.52 Å². The van der Waals surface area contributed by atoms with Gasteiger partial charge in [-0.05, 0) is 36.5 Å². The lowest BCUT2D eigenvalue weighted by atomic mass is 10.1. The first-order chi connectivity index (χ1) is 17.4. The summed E-state index contributed by atoms with van der Waals surface area (Å²) in [4.78, 5) is 12.1. The third-order valence-electron chi connectivity index (χ3n) is 6.58. The zero-order valence-electron chi connectivity index (χ0n) is 23.7. The van der Waals surface area contributed by atoms with Crippen LogP contribution in [0.1, 0.15) is 137 Å². The first-order valence-corrected chi connectivity index (χ1v) is 16.9. The number of rotatable bonds is 27. The molecule has 0 aliphatic carbocycles. The van der Waals surface area contributed by atoms with Gasteiger partial charge in [0.1, 0.15) is 13.2 Å². The Morgan fingerprint density at radius 1 is 0.833 bits per heavy atom. The molecule has 36 heavy (non-hydrogen) atoms. The fraction of sp³-hybridized carbons (Fsp3) is 0.964. The van der Waals surface area contributed by atoms with Crippen molar-refractivity contribution < 1.29 is 28.8 Å². The highest BCUT2D eigenvalue weighted by Crippen LogP contribution is 2.43. The largest absolute Gasteiger partial charge is 0.559 e. The summed E-state index contributed by atoms with van der Waals surface area (Å²) < 4.78 is 23.9. The first-order valence-electron chi connectivity index (χ1n) is 14.6. The van der Waals surface area contributed by atoms with Crippen LogP contribution < -0.4 is 0 Å². The van der Waals surface area contributed by atoms with Crippen LogP contribution in [0.5, 0.6) is 0 Å². The standard InChI is InChI=1S/C28H55O6PS/c1-5-8-10-12-14-15-16-18-20-23-36-26(21-19-17-13-11-9-6-2)25(4)34-28(24-29,27(30)31)35(32)33-22-7-3/h25-26,29H,5-24H2,1-4H3/p+1. The summed E-state index contributed by atoms with van der Waals surface area (Å²) >= 11 is 1.83. The Morgan fingerprint density at radius 3 is 1.81 bits per heavy atom. The maximum atomic E-state index is 12.7. The van der Waals surface area contributed by atoms with Crippen molar-refractivity contribution in [3.05, 3.63) is 0 Å². The van der Waals surface area contributed by atoms with Gasteiger partial charge in [0.15, 0.2) is 0 Å². The fourth-order valence-electron chi connectivity index (χ4n) is 4.22. The number of aliphatic hydroxyl groups is 1. The van der Waals surface area contributed by atoms with Crippen molar-refractivity contribution in [2.45, 2.75) is 154 Å². The van der Waals surface area contributed by atoms with E-state index >= 15 is 0 Å². The van der Waals surface area contributed by atoms with Gasteiger partial charge < -0.3 is 14.9 Å². The molecule has 0 aromatic heterocycles. The van der Waals surface area contributed by atoms with Crippen LogP contribution in [0.4, 0.5) is 0 Å². The van der Waals surface area contributed by atoms with Crippen molar-refractivity contribution in [2.24, 2.45) is 0 Å². The molecule has 0 fully saturated rings. The van der Waals surface area contributed by atoms with E-state index < -0.39 is 32.1 Å². The van der Waals surface area contributed by atoms with Gasteiger partial charge in [-0.25, -0.2) is 4.79 Å². The molecule has 0 saturated carbocycles. The second-order valence-electron chi connectivity index (χ2n) is 9.96. The average molecular weight is 552 g/mol. The molecule has 2 N–H and O–H groups in total. The van der Waals surface area contributed by atoms with E-state index in [9.17, 15) is 19.6 Å². The van der Waals surface area contributed by atoms with E-state index in [1.807, 2.05) is 25.6 Å². The predicted octanol–water partition coefficient (Wildman–Crippen LogP) is 8.72. The smallest absolute Gasteiger partial charge is 0.476 e. The van der Waals surface area contributed by atoms with Gasteiger partial charge in [-0.3, -0.25) is 0 Å². The fourth-order valence-corrected chi connectivity index (χ4v) is 6.64. The molecule has 0 radical (unpaired) electrons. The number of carboxylic acid groups (broad SMARTS) is 1. The second kappa shape index (κ2) is 23.9. The van der Waals surface area contributed by atoms with Crippen LogP contribution in [0.15, 0.2) is 0 Å². The van der Waals surface area contributed by atoms with Crippen LogP contribution >= 0.6 is 19.8 Å². The Bertz CT molecular complexity index is 550. The predicted molar refractivity (Wildman–Crippen MR) is 153 cm³/mol. The number of unbranched alkanes of at least 4 members (excludes halogenated alkanes) is 13. The molecule has 0 spiro atoms. The molecular weight excluding hydrogens is 495 g/mol. The molecule has 0 aliphatic rings. The van der Waals surface area contributed by atoms with Crippen molar-refractivity contribution in [1.82, 2.24) is 0 Å². The Labute approximate surface area is 226 Å². The summed E-state index contributed by atoms with van der Waals surface area (Å²) in [6.45, 7) is 7.45. The van der Waals surface area contributed by atoms with Crippen LogP contribution in [0.25, 0.3) is 0 Å². The number of hydrogen-bond donors (Lipinski definition) is 2. The van der Waals surface area contributed by atoms with E-state index in [0.717, 1.165) is 31.4 Å². The number of aliphatic carboxylic acids is 1. The Morgan fingerprint density at radius 2 is 1.33 bits per heavy atom.